The van der Waals surface area contributed by atoms with Crippen molar-refractivity contribution in [1.29, 1.82) is 0 Å². The van der Waals surface area contributed by atoms with E-state index >= 15 is 0 Å². The number of ether oxygens (including phenoxy) is 3. The number of nitrogens with zero attached hydrogens (tertiary/aromatic N) is 1. The van der Waals surface area contributed by atoms with Gasteiger partial charge >= 0.3 is 18.0 Å². The number of piperidine rings is 1. The minimum absolute atomic E-state index is 0.0606. The summed E-state index contributed by atoms with van der Waals surface area (Å²) in [6.45, 7) is 3.73. The van der Waals surface area contributed by atoms with Crippen LogP contribution in [0.25, 0.3) is 0 Å². The van der Waals surface area contributed by atoms with Crippen molar-refractivity contribution in [3.63, 3.8) is 0 Å². The molecule has 0 spiro atoms. The second kappa shape index (κ2) is 10.6. The molecule has 0 radical (unpaired) electrons. The number of benzene rings is 1. The Morgan fingerprint density at radius 3 is 2.58 bits per heavy atom. The Balaban J connectivity index is 1.66. The van der Waals surface area contributed by atoms with E-state index in [-0.39, 0.29) is 18.1 Å². The molecule has 2 aliphatic rings. The van der Waals surface area contributed by atoms with E-state index in [9.17, 15) is 14.4 Å². The molecule has 1 unspecified atom stereocenters. The molecule has 2 fully saturated rings. The van der Waals surface area contributed by atoms with E-state index in [1.165, 1.54) is 7.11 Å². The zero-order valence-electron chi connectivity index (χ0n) is 18.4. The van der Waals surface area contributed by atoms with E-state index < -0.39 is 11.4 Å². The normalized spacial score (nSPS) is 20.6. The van der Waals surface area contributed by atoms with Crippen molar-refractivity contribution in [3.05, 3.63) is 29.8 Å². The fourth-order valence-electron chi connectivity index (χ4n) is 4.39. The molecule has 8 nitrogen and oxygen atoms in total. The molecule has 8 heteroatoms. The monoisotopic (exact) mass is 432 g/mol. The summed E-state index contributed by atoms with van der Waals surface area (Å²) in [6.07, 6.45) is 4.87. The van der Waals surface area contributed by atoms with Crippen molar-refractivity contribution in [3.8, 4) is 0 Å². The van der Waals surface area contributed by atoms with E-state index in [1.54, 1.807) is 29.2 Å². The second-order valence-corrected chi connectivity index (χ2v) is 8.15. The van der Waals surface area contributed by atoms with Crippen LogP contribution in [-0.2, 0) is 19.0 Å². The van der Waals surface area contributed by atoms with Gasteiger partial charge in [-0.3, -0.25) is 4.79 Å². The van der Waals surface area contributed by atoms with E-state index in [4.69, 9.17) is 14.2 Å². The first kappa shape index (κ1) is 23.1. The standard InChI is InChI=1S/C23H32N2O6/c1-3-30-21(27)23(16-17-8-6-7-15-31-17)11-13-25(14-12-23)22(28)24-19-10-5-4-9-18(19)20(26)29-2/h4-5,9-10,17H,3,6-8,11-16H2,1-2H3,(H,24,28). The average molecular weight is 433 g/mol. The lowest BCUT2D eigenvalue weighted by molar-refractivity contribution is -0.162. The summed E-state index contributed by atoms with van der Waals surface area (Å²) in [5.41, 5.74) is 0.0708. The van der Waals surface area contributed by atoms with Crippen molar-refractivity contribution in [2.45, 2.75) is 51.6 Å². The van der Waals surface area contributed by atoms with Gasteiger partial charge in [0.25, 0.3) is 0 Å². The fraction of sp³-hybridized carbons (Fsp3) is 0.609. The van der Waals surface area contributed by atoms with Gasteiger partial charge in [-0.1, -0.05) is 12.1 Å². The Morgan fingerprint density at radius 1 is 1.19 bits per heavy atom. The topological polar surface area (TPSA) is 94.2 Å². The Labute approximate surface area is 183 Å². The smallest absolute Gasteiger partial charge is 0.339 e. The number of urea groups is 1. The number of hydrogen-bond acceptors (Lipinski definition) is 6. The second-order valence-electron chi connectivity index (χ2n) is 8.15. The van der Waals surface area contributed by atoms with E-state index in [0.717, 1.165) is 25.9 Å². The number of rotatable bonds is 6. The molecule has 1 N–H and O–H groups in total. The van der Waals surface area contributed by atoms with Crippen LogP contribution in [0.2, 0.25) is 0 Å². The number of anilines is 1. The third-order valence-electron chi connectivity index (χ3n) is 6.18. The molecule has 2 heterocycles. The molecule has 2 aliphatic heterocycles. The summed E-state index contributed by atoms with van der Waals surface area (Å²) in [6, 6.07) is 6.42. The quantitative estimate of drug-likeness (QED) is 0.690. The zero-order valence-corrected chi connectivity index (χ0v) is 18.4. The first-order valence-corrected chi connectivity index (χ1v) is 11.0. The number of para-hydroxylation sites is 1. The summed E-state index contributed by atoms with van der Waals surface area (Å²) in [5.74, 6) is -0.705. The number of hydrogen-bond donors (Lipinski definition) is 1. The Morgan fingerprint density at radius 2 is 1.94 bits per heavy atom. The largest absolute Gasteiger partial charge is 0.466 e. The van der Waals surface area contributed by atoms with Crippen molar-refractivity contribution in [2.75, 3.05) is 38.7 Å². The molecule has 1 atom stereocenters. The highest BCUT2D eigenvalue weighted by Gasteiger charge is 2.45. The number of carbonyl (C=O) groups is 3. The molecule has 1 aromatic rings. The molecular weight excluding hydrogens is 400 g/mol. The van der Waals surface area contributed by atoms with Gasteiger partial charge in [0.2, 0.25) is 0 Å². The minimum atomic E-state index is -0.626. The lowest BCUT2D eigenvalue weighted by Gasteiger charge is -2.42. The van der Waals surface area contributed by atoms with E-state index in [2.05, 4.69) is 5.32 Å². The third kappa shape index (κ3) is 5.55. The van der Waals surface area contributed by atoms with E-state index in [0.29, 0.717) is 50.2 Å². The molecule has 3 rings (SSSR count). The van der Waals surface area contributed by atoms with Gasteiger partial charge in [0, 0.05) is 19.7 Å². The molecule has 2 saturated heterocycles. The summed E-state index contributed by atoms with van der Waals surface area (Å²) in [4.78, 5) is 39.3. The highest BCUT2D eigenvalue weighted by atomic mass is 16.5. The van der Waals surface area contributed by atoms with Gasteiger partial charge in [-0.15, -0.1) is 0 Å². The number of amides is 2. The van der Waals surface area contributed by atoms with Crippen LogP contribution < -0.4 is 5.32 Å². The average Bonchev–Trinajstić information content (AvgIpc) is 2.80. The van der Waals surface area contributed by atoms with Crippen LogP contribution in [0.4, 0.5) is 10.5 Å². The van der Waals surface area contributed by atoms with Crippen LogP contribution in [0.3, 0.4) is 0 Å². The maximum atomic E-state index is 12.9. The summed E-state index contributed by atoms with van der Waals surface area (Å²) < 4.78 is 16.1. The molecule has 31 heavy (non-hydrogen) atoms. The fourth-order valence-corrected chi connectivity index (χ4v) is 4.39. The minimum Gasteiger partial charge on any atom is -0.466 e. The highest BCUT2D eigenvalue weighted by Crippen LogP contribution is 2.40. The van der Waals surface area contributed by atoms with Crippen LogP contribution in [0.5, 0.6) is 0 Å². The van der Waals surface area contributed by atoms with Gasteiger partial charge in [0.15, 0.2) is 0 Å². The lowest BCUT2D eigenvalue weighted by atomic mass is 9.73. The Kier molecular flexibility index (Phi) is 7.90. The van der Waals surface area contributed by atoms with Crippen LogP contribution in [0.1, 0.15) is 55.8 Å². The molecule has 0 aliphatic carbocycles. The van der Waals surface area contributed by atoms with Gasteiger partial charge in [0.05, 0.1) is 36.5 Å². The predicted octanol–water partition coefficient (Wildman–Crippen LogP) is 3.61. The molecule has 0 saturated carbocycles. The molecule has 1 aromatic carbocycles. The van der Waals surface area contributed by atoms with Crippen LogP contribution in [-0.4, -0.2) is 62.4 Å². The van der Waals surface area contributed by atoms with Gasteiger partial charge in [0.1, 0.15) is 0 Å². The van der Waals surface area contributed by atoms with Crippen molar-refractivity contribution in [2.24, 2.45) is 5.41 Å². The number of likely N-dealkylation sites (tertiary alicyclic amines) is 1. The lowest BCUT2D eigenvalue weighted by Crippen LogP contribution is -2.50. The summed E-state index contributed by atoms with van der Waals surface area (Å²) in [5, 5.41) is 2.80. The van der Waals surface area contributed by atoms with Crippen LogP contribution >= 0.6 is 0 Å². The molecule has 0 bridgehead atoms. The molecule has 170 valence electrons. The van der Waals surface area contributed by atoms with Crippen molar-refractivity contribution < 1.29 is 28.6 Å². The maximum Gasteiger partial charge on any atom is 0.339 e. The van der Waals surface area contributed by atoms with Gasteiger partial charge < -0.3 is 24.4 Å². The zero-order chi connectivity index (χ0) is 22.3. The van der Waals surface area contributed by atoms with Crippen LogP contribution in [0, 0.1) is 5.41 Å². The van der Waals surface area contributed by atoms with Crippen molar-refractivity contribution in [1.82, 2.24) is 4.90 Å². The van der Waals surface area contributed by atoms with E-state index in [1.807, 2.05) is 6.92 Å². The number of methoxy groups -OCH3 is 1. The number of esters is 2. The molecular formula is C23H32N2O6. The molecule has 2 amide bonds. The van der Waals surface area contributed by atoms with Crippen LogP contribution in [0.15, 0.2) is 24.3 Å². The number of nitrogens with one attached hydrogen (secondary N) is 1. The summed E-state index contributed by atoms with van der Waals surface area (Å²) >= 11 is 0. The first-order chi connectivity index (χ1) is 15.0. The third-order valence-corrected chi connectivity index (χ3v) is 6.18. The number of carbonyl (C=O) groups excluding carboxylic acids is 3. The SMILES string of the molecule is CCOC(=O)C1(CC2CCCCO2)CCN(C(=O)Nc2ccccc2C(=O)OC)CC1. The van der Waals surface area contributed by atoms with Gasteiger partial charge in [-0.2, -0.15) is 0 Å². The van der Waals surface area contributed by atoms with Gasteiger partial charge in [-0.05, 0) is 57.6 Å². The summed E-state index contributed by atoms with van der Waals surface area (Å²) in [7, 11) is 1.30. The van der Waals surface area contributed by atoms with Gasteiger partial charge in [-0.25, -0.2) is 9.59 Å². The maximum absolute atomic E-state index is 12.9. The predicted molar refractivity (Wildman–Crippen MR) is 115 cm³/mol. The Hall–Kier alpha value is -2.61. The highest BCUT2D eigenvalue weighted by molar-refractivity contribution is 6.00. The first-order valence-electron chi connectivity index (χ1n) is 11.0. The molecule has 0 aromatic heterocycles. The Bertz CT molecular complexity index is 782. The van der Waals surface area contributed by atoms with Crippen molar-refractivity contribution >= 4 is 23.7 Å².